The molecule has 0 aliphatic heterocycles. The first-order valence-electron chi connectivity index (χ1n) is 5.92. The second-order valence-electron chi connectivity index (χ2n) is 4.37. The van der Waals surface area contributed by atoms with E-state index in [0.717, 1.165) is 54.7 Å². The summed E-state index contributed by atoms with van der Waals surface area (Å²) in [5.41, 5.74) is 4.00. The van der Waals surface area contributed by atoms with E-state index in [2.05, 4.69) is 17.0 Å². The summed E-state index contributed by atoms with van der Waals surface area (Å²) >= 11 is 0. The van der Waals surface area contributed by atoms with Crippen molar-refractivity contribution in [2.24, 2.45) is 0 Å². The van der Waals surface area contributed by atoms with Crippen molar-refractivity contribution in [1.82, 2.24) is 14.6 Å². The van der Waals surface area contributed by atoms with Crippen LogP contribution in [0.5, 0.6) is 0 Å². The molecular weight excluding hydrogens is 202 g/mol. The lowest BCUT2D eigenvalue weighted by Crippen LogP contribution is -2.22. The molecule has 84 valence electrons. The molecule has 3 rings (SSSR count). The molecule has 2 aromatic heterocycles. The Morgan fingerprint density at radius 1 is 1.44 bits per heavy atom. The summed E-state index contributed by atoms with van der Waals surface area (Å²) < 4.78 is 1.93. The van der Waals surface area contributed by atoms with E-state index in [1.165, 1.54) is 0 Å². The Balaban J connectivity index is 2.35. The highest BCUT2D eigenvalue weighted by Crippen LogP contribution is 2.18. The number of aryl methyl sites for hydroxylation is 2. The second kappa shape index (κ2) is 3.47. The molecule has 0 amide bonds. The highest BCUT2D eigenvalue weighted by atomic mass is 16.1. The normalized spacial score (nSPS) is 15.3. The zero-order valence-electron chi connectivity index (χ0n) is 9.42. The number of hydrogen-bond acceptors (Lipinski definition) is 2. The first-order chi connectivity index (χ1) is 7.79. The fraction of sp³-hybridized carbons (Fsp3) is 0.500. The SMILES string of the molecule is CCc1cc2[nH]c(=O)c3c(n2n1)CCCC3. The van der Waals surface area contributed by atoms with Gasteiger partial charge in [0.25, 0.3) is 5.56 Å². The van der Waals surface area contributed by atoms with Crippen molar-refractivity contribution in [1.29, 1.82) is 0 Å². The summed E-state index contributed by atoms with van der Waals surface area (Å²) in [6, 6.07) is 1.97. The van der Waals surface area contributed by atoms with E-state index in [4.69, 9.17) is 0 Å². The van der Waals surface area contributed by atoms with Crippen LogP contribution in [0.4, 0.5) is 0 Å². The van der Waals surface area contributed by atoms with Crippen molar-refractivity contribution < 1.29 is 0 Å². The molecule has 1 aliphatic rings. The summed E-state index contributed by atoms with van der Waals surface area (Å²) in [6.45, 7) is 2.08. The van der Waals surface area contributed by atoms with E-state index < -0.39 is 0 Å². The van der Waals surface area contributed by atoms with Crippen molar-refractivity contribution in [3.63, 3.8) is 0 Å². The van der Waals surface area contributed by atoms with Gasteiger partial charge in [-0.3, -0.25) is 4.79 Å². The maximum Gasteiger partial charge on any atom is 0.254 e. The first kappa shape index (κ1) is 9.63. The zero-order chi connectivity index (χ0) is 11.1. The lowest BCUT2D eigenvalue weighted by atomic mass is 9.97. The van der Waals surface area contributed by atoms with Gasteiger partial charge in [-0.05, 0) is 32.1 Å². The summed E-state index contributed by atoms with van der Waals surface area (Å²) in [5, 5.41) is 4.53. The molecule has 0 saturated carbocycles. The maximum absolute atomic E-state index is 11.9. The van der Waals surface area contributed by atoms with Crippen LogP contribution in [0.15, 0.2) is 10.9 Å². The lowest BCUT2D eigenvalue weighted by molar-refractivity contribution is 0.633. The predicted molar refractivity (Wildman–Crippen MR) is 61.8 cm³/mol. The Kier molecular flexibility index (Phi) is 2.09. The smallest absolute Gasteiger partial charge is 0.254 e. The molecule has 2 heterocycles. The van der Waals surface area contributed by atoms with Crippen LogP contribution >= 0.6 is 0 Å². The topological polar surface area (TPSA) is 50.2 Å². The van der Waals surface area contributed by atoms with Crippen LogP contribution < -0.4 is 5.56 Å². The largest absolute Gasteiger partial charge is 0.307 e. The Morgan fingerprint density at radius 3 is 3.06 bits per heavy atom. The molecule has 0 radical (unpaired) electrons. The molecule has 0 atom stereocenters. The number of H-pyrrole nitrogens is 1. The number of nitrogens with one attached hydrogen (secondary N) is 1. The molecule has 0 spiro atoms. The number of nitrogens with zero attached hydrogens (tertiary/aromatic N) is 2. The number of fused-ring (bicyclic) bond motifs is 3. The van der Waals surface area contributed by atoms with Gasteiger partial charge in [0.2, 0.25) is 0 Å². The Morgan fingerprint density at radius 2 is 2.25 bits per heavy atom. The predicted octanol–water partition coefficient (Wildman–Crippen LogP) is 1.46. The van der Waals surface area contributed by atoms with E-state index in [-0.39, 0.29) is 5.56 Å². The molecule has 0 saturated heterocycles. The van der Waals surface area contributed by atoms with Crippen LogP contribution in [0.2, 0.25) is 0 Å². The van der Waals surface area contributed by atoms with Gasteiger partial charge in [0, 0.05) is 11.6 Å². The summed E-state index contributed by atoms with van der Waals surface area (Å²) in [6.07, 6.45) is 5.04. The lowest BCUT2D eigenvalue weighted by Gasteiger charge is -2.15. The highest BCUT2D eigenvalue weighted by Gasteiger charge is 2.17. The highest BCUT2D eigenvalue weighted by molar-refractivity contribution is 5.42. The van der Waals surface area contributed by atoms with Crippen molar-refractivity contribution in [3.8, 4) is 0 Å². The van der Waals surface area contributed by atoms with Gasteiger partial charge in [-0.15, -0.1) is 0 Å². The van der Waals surface area contributed by atoms with E-state index in [0.29, 0.717) is 0 Å². The fourth-order valence-electron chi connectivity index (χ4n) is 2.46. The van der Waals surface area contributed by atoms with Gasteiger partial charge in [0.1, 0.15) is 5.65 Å². The van der Waals surface area contributed by atoms with Crippen LogP contribution in [0.1, 0.15) is 36.7 Å². The maximum atomic E-state index is 11.9. The third-order valence-electron chi connectivity index (χ3n) is 3.33. The van der Waals surface area contributed by atoms with Gasteiger partial charge >= 0.3 is 0 Å². The molecule has 0 aromatic carbocycles. The van der Waals surface area contributed by atoms with Crippen LogP contribution in [-0.4, -0.2) is 14.6 Å². The van der Waals surface area contributed by atoms with Crippen LogP contribution in [0.3, 0.4) is 0 Å². The van der Waals surface area contributed by atoms with Gasteiger partial charge in [0.05, 0.1) is 11.4 Å². The van der Waals surface area contributed by atoms with E-state index in [9.17, 15) is 4.79 Å². The average molecular weight is 217 g/mol. The minimum Gasteiger partial charge on any atom is -0.307 e. The summed E-state index contributed by atoms with van der Waals surface area (Å²) in [4.78, 5) is 14.8. The van der Waals surface area contributed by atoms with Crippen LogP contribution in [0, 0.1) is 0 Å². The number of aromatic nitrogens is 3. The Labute approximate surface area is 93.3 Å². The fourth-order valence-corrected chi connectivity index (χ4v) is 2.46. The summed E-state index contributed by atoms with van der Waals surface area (Å²) in [5.74, 6) is 0. The third-order valence-corrected chi connectivity index (χ3v) is 3.33. The monoisotopic (exact) mass is 217 g/mol. The van der Waals surface area contributed by atoms with Crippen LogP contribution in [-0.2, 0) is 19.3 Å². The molecule has 4 heteroatoms. The number of hydrogen-bond donors (Lipinski definition) is 1. The van der Waals surface area contributed by atoms with E-state index in [1.807, 2.05) is 10.6 Å². The molecule has 0 fully saturated rings. The molecule has 1 N–H and O–H groups in total. The quantitative estimate of drug-likeness (QED) is 0.786. The molecule has 0 bridgehead atoms. The summed E-state index contributed by atoms with van der Waals surface area (Å²) in [7, 11) is 0. The Bertz CT molecular complexity index is 594. The standard InChI is InChI=1S/C12H15N3O/c1-2-8-7-11-13-12(16)9-5-3-4-6-10(9)15(11)14-8/h7H,2-6H2,1H3,(H,13,16). The average Bonchev–Trinajstić information content (AvgIpc) is 2.72. The minimum atomic E-state index is 0.0738. The zero-order valence-corrected chi connectivity index (χ0v) is 9.42. The third kappa shape index (κ3) is 1.29. The van der Waals surface area contributed by atoms with Crippen molar-refractivity contribution >= 4 is 5.65 Å². The molecule has 16 heavy (non-hydrogen) atoms. The van der Waals surface area contributed by atoms with Gasteiger partial charge in [-0.1, -0.05) is 6.92 Å². The van der Waals surface area contributed by atoms with Gasteiger partial charge < -0.3 is 4.98 Å². The molecule has 0 unspecified atom stereocenters. The van der Waals surface area contributed by atoms with E-state index >= 15 is 0 Å². The van der Waals surface area contributed by atoms with Crippen molar-refractivity contribution in [3.05, 3.63) is 33.4 Å². The molecule has 1 aliphatic carbocycles. The van der Waals surface area contributed by atoms with Crippen molar-refractivity contribution in [2.75, 3.05) is 0 Å². The Hall–Kier alpha value is -1.58. The molecular formula is C12H15N3O. The number of aromatic amines is 1. The van der Waals surface area contributed by atoms with E-state index in [1.54, 1.807) is 0 Å². The van der Waals surface area contributed by atoms with Crippen molar-refractivity contribution in [2.45, 2.75) is 39.0 Å². The minimum absolute atomic E-state index is 0.0738. The van der Waals surface area contributed by atoms with Gasteiger partial charge in [0.15, 0.2) is 0 Å². The molecule has 4 nitrogen and oxygen atoms in total. The molecule has 2 aromatic rings. The number of rotatable bonds is 1. The second-order valence-corrected chi connectivity index (χ2v) is 4.37. The van der Waals surface area contributed by atoms with Gasteiger partial charge in [-0.2, -0.15) is 5.10 Å². The van der Waals surface area contributed by atoms with Gasteiger partial charge in [-0.25, -0.2) is 4.52 Å². The first-order valence-corrected chi connectivity index (χ1v) is 5.92. The van der Waals surface area contributed by atoms with Crippen LogP contribution in [0.25, 0.3) is 5.65 Å².